The number of pyridine rings is 3. The van der Waals surface area contributed by atoms with E-state index >= 15 is 0 Å². The van der Waals surface area contributed by atoms with Gasteiger partial charge < -0.3 is 4.98 Å². The molecule has 1 aliphatic carbocycles. The van der Waals surface area contributed by atoms with Crippen LogP contribution in [0.3, 0.4) is 0 Å². The van der Waals surface area contributed by atoms with Crippen molar-refractivity contribution in [1.29, 1.82) is 0 Å². The molecule has 0 bridgehead atoms. The van der Waals surface area contributed by atoms with Crippen LogP contribution in [0.15, 0.2) is 73.3 Å². The van der Waals surface area contributed by atoms with Gasteiger partial charge in [-0.1, -0.05) is 24.3 Å². The van der Waals surface area contributed by atoms with Crippen LogP contribution in [0.4, 0.5) is 5.69 Å². The van der Waals surface area contributed by atoms with Crippen LogP contribution in [0.5, 0.6) is 0 Å². The van der Waals surface area contributed by atoms with Crippen LogP contribution < -0.4 is 4.72 Å². The first-order valence-electron chi connectivity index (χ1n) is 11.1. The highest BCUT2D eigenvalue weighted by Gasteiger charge is 2.21. The van der Waals surface area contributed by atoms with Crippen LogP contribution >= 0.6 is 0 Å². The Balaban J connectivity index is 1.42. The lowest BCUT2D eigenvalue weighted by Crippen LogP contribution is -2.09. The number of imidazole rings is 1. The zero-order valence-corrected chi connectivity index (χ0v) is 19.9. The maximum absolute atomic E-state index is 11.6. The Kier molecular flexibility index (Phi) is 5.19. The zero-order chi connectivity index (χ0) is 24.7. The highest BCUT2D eigenvalue weighted by molar-refractivity contribution is 7.92. The van der Waals surface area contributed by atoms with E-state index < -0.39 is 10.0 Å². The number of hydrogen-bond donors (Lipinski definition) is 3. The number of allylic oxidation sites excluding steroid dienone is 3. The molecule has 0 amide bonds. The minimum Gasteiger partial charge on any atom is -0.340 e. The van der Waals surface area contributed by atoms with Crippen molar-refractivity contribution in [3.8, 4) is 22.6 Å². The highest BCUT2D eigenvalue weighted by atomic mass is 32.2. The Morgan fingerprint density at radius 2 is 1.94 bits per heavy atom. The average Bonchev–Trinajstić information content (AvgIpc) is 3.42. The average molecular weight is 497 g/mol. The molecular formula is C25H20N8O2S. The van der Waals surface area contributed by atoms with E-state index in [0.717, 1.165) is 39.9 Å². The molecule has 0 aliphatic heterocycles. The number of aromatic nitrogens is 7. The first kappa shape index (κ1) is 21.9. The number of H-pyrrole nitrogens is 2. The molecule has 5 aromatic rings. The largest absolute Gasteiger partial charge is 0.340 e. The molecule has 0 fully saturated rings. The minimum absolute atomic E-state index is 0.374. The number of sulfonamides is 1. The molecule has 0 saturated carbocycles. The molecule has 1 aliphatic rings. The Hall–Kier alpha value is -4.64. The Labute approximate surface area is 206 Å². The number of fused-ring (bicyclic) bond motifs is 2. The number of hydrogen-bond acceptors (Lipinski definition) is 7. The molecule has 0 saturated heterocycles. The van der Waals surface area contributed by atoms with Gasteiger partial charge in [0, 0.05) is 47.4 Å². The maximum Gasteiger partial charge on any atom is 0.229 e. The molecule has 0 atom stereocenters. The van der Waals surface area contributed by atoms with Crippen molar-refractivity contribution in [2.45, 2.75) is 6.42 Å². The van der Waals surface area contributed by atoms with Crippen molar-refractivity contribution in [1.82, 2.24) is 35.1 Å². The van der Waals surface area contributed by atoms with E-state index in [-0.39, 0.29) is 0 Å². The van der Waals surface area contributed by atoms with E-state index in [1.165, 1.54) is 6.20 Å². The molecule has 5 heterocycles. The molecule has 178 valence electrons. The van der Waals surface area contributed by atoms with E-state index in [1.807, 2.05) is 36.4 Å². The first-order chi connectivity index (χ1) is 17.4. The fourth-order valence-electron chi connectivity index (χ4n) is 4.16. The molecule has 11 heteroatoms. The van der Waals surface area contributed by atoms with E-state index in [4.69, 9.17) is 4.98 Å². The van der Waals surface area contributed by atoms with Crippen LogP contribution in [-0.2, 0) is 16.4 Å². The summed E-state index contributed by atoms with van der Waals surface area (Å²) >= 11 is 0. The van der Waals surface area contributed by atoms with Crippen molar-refractivity contribution >= 4 is 32.3 Å². The molecular weight excluding hydrogens is 476 g/mol. The minimum atomic E-state index is -3.42. The molecule has 36 heavy (non-hydrogen) atoms. The van der Waals surface area contributed by atoms with Gasteiger partial charge in [-0.05, 0) is 24.3 Å². The van der Waals surface area contributed by atoms with E-state index in [1.54, 1.807) is 24.7 Å². The Bertz CT molecular complexity index is 1770. The predicted molar refractivity (Wildman–Crippen MR) is 137 cm³/mol. The van der Waals surface area contributed by atoms with Gasteiger partial charge in [-0.15, -0.1) is 0 Å². The van der Waals surface area contributed by atoms with Crippen molar-refractivity contribution in [3.63, 3.8) is 0 Å². The van der Waals surface area contributed by atoms with Crippen LogP contribution in [0, 0.1) is 0 Å². The van der Waals surface area contributed by atoms with Gasteiger partial charge in [0.05, 0.1) is 34.9 Å². The van der Waals surface area contributed by atoms with E-state index in [2.05, 4.69) is 40.9 Å². The third kappa shape index (κ3) is 4.16. The molecule has 0 unspecified atom stereocenters. The van der Waals surface area contributed by atoms with Crippen LogP contribution in [0.2, 0.25) is 0 Å². The fraction of sp³-hybridized carbons (Fsp3) is 0.0800. The number of nitrogens with zero attached hydrogens (tertiary/aromatic N) is 5. The van der Waals surface area contributed by atoms with E-state index in [9.17, 15) is 8.42 Å². The summed E-state index contributed by atoms with van der Waals surface area (Å²) in [6, 6.07) is 9.45. The summed E-state index contributed by atoms with van der Waals surface area (Å²) in [5.74, 6) is 0.643. The lowest BCUT2D eigenvalue weighted by molar-refractivity contribution is 0.607. The monoisotopic (exact) mass is 496 g/mol. The van der Waals surface area contributed by atoms with Crippen LogP contribution in [-0.4, -0.2) is 49.8 Å². The fourth-order valence-corrected chi connectivity index (χ4v) is 4.70. The molecule has 0 radical (unpaired) electrons. The van der Waals surface area contributed by atoms with Gasteiger partial charge >= 0.3 is 0 Å². The summed E-state index contributed by atoms with van der Waals surface area (Å²) in [5.41, 5.74) is 6.69. The van der Waals surface area contributed by atoms with E-state index in [0.29, 0.717) is 34.8 Å². The van der Waals surface area contributed by atoms with Gasteiger partial charge in [0.2, 0.25) is 10.0 Å². The van der Waals surface area contributed by atoms with Crippen LogP contribution in [0.1, 0.15) is 17.1 Å². The number of rotatable bonds is 5. The third-order valence-electron chi connectivity index (χ3n) is 5.72. The number of aromatic amines is 2. The maximum atomic E-state index is 11.6. The van der Waals surface area contributed by atoms with Gasteiger partial charge in [-0.25, -0.2) is 18.4 Å². The van der Waals surface area contributed by atoms with Crippen molar-refractivity contribution in [3.05, 3.63) is 90.4 Å². The van der Waals surface area contributed by atoms with Gasteiger partial charge in [0.1, 0.15) is 5.69 Å². The van der Waals surface area contributed by atoms with Gasteiger partial charge in [-0.3, -0.25) is 19.8 Å². The summed E-state index contributed by atoms with van der Waals surface area (Å²) in [7, 11) is -3.42. The summed E-state index contributed by atoms with van der Waals surface area (Å²) in [4.78, 5) is 21.5. The molecule has 5 aromatic heterocycles. The summed E-state index contributed by atoms with van der Waals surface area (Å²) in [6.45, 7) is 0. The topological polar surface area (TPSA) is 142 Å². The number of nitrogens with one attached hydrogen (secondary N) is 3. The quantitative estimate of drug-likeness (QED) is 0.337. The number of anilines is 1. The van der Waals surface area contributed by atoms with Crippen molar-refractivity contribution in [2.24, 2.45) is 0 Å². The lowest BCUT2D eigenvalue weighted by atomic mass is 10.1. The normalized spacial score (nSPS) is 13.3. The summed E-state index contributed by atoms with van der Waals surface area (Å²) in [5, 5.41) is 8.19. The Morgan fingerprint density at radius 1 is 1.06 bits per heavy atom. The van der Waals surface area contributed by atoms with Gasteiger partial charge in [0.15, 0.2) is 11.5 Å². The second-order valence-corrected chi connectivity index (χ2v) is 10.1. The SMILES string of the molecule is CS(=O)(=O)Nc1cncc(-c2cnc3n[nH]c(-c4nc5c([nH]4)CC=CC=C5c4ccccn4)c3c2)c1. The summed E-state index contributed by atoms with van der Waals surface area (Å²) < 4.78 is 25.7. The zero-order valence-electron chi connectivity index (χ0n) is 19.1. The lowest BCUT2D eigenvalue weighted by Gasteiger charge is -2.06. The molecule has 0 aromatic carbocycles. The van der Waals surface area contributed by atoms with Crippen molar-refractivity contribution in [2.75, 3.05) is 11.0 Å². The molecule has 0 spiro atoms. The first-order valence-corrected chi connectivity index (χ1v) is 13.0. The standard InChI is InChI=1S/C25H20N8O2S/c1-36(34,35)33-17-10-15(12-26-14-17)16-11-19-23(31-32-24(19)28-13-16)25-29-21-8-3-2-6-18(22(21)30-25)20-7-4-5-9-27-20/h2-7,9-14,33H,8H2,1H3,(H,29,30)(H,28,31,32). The molecule has 10 nitrogen and oxygen atoms in total. The highest BCUT2D eigenvalue weighted by Crippen LogP contribution is 2.32. The van der Waals surface area contributed by atoms with Gasteiger partial charge in [-0.2, -0.15) is 5.10 Å². The van der Waals surface area contributed by atoms with Gasteiger partial charge in [0.25, 0.3) is 0 Å². The third-order valence-corrected chi connectivity index (χ3v) is 6.32. The van der Waals surface area contributed by atoms with Crippen LogP contribution in [0.25, 0.3) is 39.3 Å². The second-order valence-electron chi connectivity index (χ2n) is 8.37. The second kappa shape index (κ2) is 8.54. The smallest absolute Gasteiger partial charge is 0.229 e. The molecule has 6 rings (SSSR count). The Morgan fingerprint density at radius 3 is 2.78 bits per heavy atom. The predicted octanol–water partition coefficient (Wildman–Crippen LogP) is 3.72. The summed E-state index contributed by atoms with van der Waals surface area (Å²) in [6.07, 6.45) is 14.5. The molecule has 3 N–H and O–H groups in total. The van der Waals surface area contributed by atoms with Crippen molar-refractivity contribution < 1.29 is 8.42 Å².